The Bertz CT molecular complexity index is 1640. The predicted molar refractivity (Wildman–Crippen MR) is 177 cm³/mol. The van der Waals surface area contributed by atoms with Gasteiger partial charge >= 0.3 is 12.1 Å². The summed E-state index contributed by atoms with van der Waals surface area (Å²) in [7, 11) is 0. The van der Waals surface area contributed by atoms with Crippen LogP contribution < -0.4 is 10.1 Å². The molecule has 1 aromatic heterocycles. The summed E-state index contributed by atoms with van der Waals surface area (Å²) < 4.78 is 17.0. The Morgan fingerprint density at radius 3 is 2.39 bits per heavy atom. The molecule has 49 heavy (non-hydrogen) atoms. The molecule has 0 radical (unpaired) electrons. The van der Waals surface area contributed by atoms with Gasteiger partial charge in [0.1, 0.15) is 17.5 Å². The van der Waals surface area contributed by atoms with Gasteiger partial charge in [-0.3, -0.25) is 19.2 Å². The second-order valence-corrected chi connectivity index (χ2v) is 11.8. The average Bonchev–Trinajstić information content (AvgIpc) is 3.60. The number of carboxylic acids is 1. The zero-order chi connectivity index (χ0) is 34.8. The first-order valence-corrected chi connectivity index (χ1v) is 16.4. The molecule has 2 aromatic carbocycles. The summed E-state index contributed by atoms with van der Waals surface area (Å²) in [6.45, 7) is 4.02. The molecule has 2 atom stereocenters. The van der Waals surface area contributed by atoms with Gasteiger partial charge in [0.15, 0.2) is 6.61 Å². The molecule has 2 saturated heterocycles. The molecule has 14 heteroatoms. The highest BCUT2D eigenvalue weighted by molar-refractivity contribution is 5.99. The van der Waals surface area contributed by atoms with Crippen molar-refractivity contribution >= 4 is 40.7 Å². The van der Waals surface area contributed by atoms with Crippen LogP contribution in [0.1, 0.15) is 42.2 Å². The number of nitrogens with zero attached hydrogens (tertiary/aromatic N) is 4. The number of hydrogen-bond acceptors (Lipinski definition) is 9. The fraction of sp³-hybridized carbons (Fsp3) is 0.429. The Morgan fingerprint density at radius 2 is 1.65 bits per heavy atom. The normalized spacial score (nSPS) is 16.7. The van der Waals surface area contributed by atoms with E-state index >= 15 is 0 Å². The summed E-state index contributed by atoms with van der Waals surface area (Å²) >= 11 is 0. The number of carbonyl (C=O) groups is 5. The quantitative estimate of drug-likeness (QED) is 0.275. The number of para-hydroxylation sites is 1. The van der Waals surface area contributed by atoms with Gasteiger partial charge in [-0.05, 0) is 37.5 Å². The van der Waals surface area contributed by atoms with E-state index in [1.165, 1.54) is 15.9 Å². The molecule has 2 fully saturated rings. The minimum Gasteiger partial charge on any atom is -0.483 e. The number of rotatable bonds is 13. The lowest BCUT2D eigenvalue weighted by atomic mass is 10.1. The van der Waals surface area contributed by atoms with Crippen LogP contribution in [0, 0.1) is 0 Å². The maximum atomic E-state index is 13.5. The number of ether oxygens (including phenoxy) is 3. The number of carboxylic acid groups (broad SMARTS) is 1. The van der Waals surface area contributed by atoms with Crippen LogP contribution in [-0.4, -0.2) is 119 Å². The number of piperazine rings is 1. The number of aromatic nitrogens is 1. The molecule has 0 spiro atoms. The van der Waals surface area contributed by atoms with E-state index in [9.17, 15) is 29.1 Å². The van der Waals surface area contributed by atoms with E-state index in [2.05, 4.69) is 10.3 Å². The highest BCUT2D eigenvalue weighted by atomic mass is 16.6. The maximum Gasteiger partial charge on any atom is 0.409 e. The van der Waals surface area contributed by atoms with Gasteiger partial charge in [0.2, 0.25) is 5.91 Å². The molecular formula is C35H41N5O9. The molecule has 260 valence electrons. The van der Waals surface area contributed by atoms with E-state index in [-0.39, 0.29) is 75.7 Å². The fourth-order valence-corrected chi connectivity index (χ4v) is 5.79. The number of amides is 4. The highest BCUT2D eigenvalue weighted by Gasteiger charge is 2.32. The van der Waals surface area contributed by atoms with Crippen molar-refractivity contribution in [3.63, 3.8) is 0 Å². The van der Waals surface area contributed by atoms with Crippen LogP contribution in [0.2, 0.25) is 0 Å². The van der Waals surface area contributed by atoms with Crippen molar-refractivity contribution in [1.82, 2.24) is 25.0 Å². The number of fused-ring (bicyclic) bond motifs is 1. The number of likely N-dealkylation sites (tertiary alicyclic amines) is 1. The van der Waals surface area contributed by atoms with Crippen molar-refractivity contribution in [2.24, 2.45) is 0 Å². The molecule has 0 aliphatic carbocycles. The number of aliphatic carboxylic acids is 1. The first-order chi connectivity index (χ1) is 23.7. The molecule has 1 unspecified atom stereocenters. The van der Waals surface area contributed by atoms with Crippen molar-refractivity contribution in [3.05, 3.63) is 71.9 Å². The fourth-order valence-electron chi connectivity index (χ4n) is 5.79. The lowest BCUT2D eigenvalue weighted by Crippen LogP contribution is -2.56. The molecule has 14 nitrogen and oxygen atoms in total. The molecule has 3 aromatic rings. The summed E-state index contributed by atoms with van der Waals surface area (Å²) in [5.41, 5.74) is 1.44. The van der Waals surface area contributed by atoms with Gasteiger partial charge in [0.25, 0.3) is 11.8 Å². The Balaban J connectivity index is 1.23. The highest BCUT2D eigenvalue weighted by Crippen LogP contribution is 2.26. The summed E-state index contributed by atoms with van der Waals surface area (Å²) in [5, 5.41) is 12.6. The topological polar surface area (TPSA) is 168 Å². The van der Waals surface area contributed by atoms with E-state index in [0.717, 1.165) is 5.56 Å². The number of carbonyl (C=O) groups excluding carboxylic acids is 4. The molecule has 5 rings (SSSR count). The third-order valence-electron chi connectivity index (χ3n) is 8.46. The van der Waals surface area contributed by atoms with Gasteiger partial charge in [-0.15, -0.1) is 0 Å². The Hall–Kier alpha value is -5.24. The van der Waals surface area contributed by atoms with Crippen LogP contribution >= 0.6 is 0 Å². The Labute approximate surface area is 283 Å². The van der Waals surface area contributed by atoms with E-state index in [0.29, 0.717) is 37.0 Å². The minimum atomic E-state index is -1.15. The zero-order valence-electron chi connectivity index (χ0n) is 27.4. The van der Waals surface area contributed by atoms with Gasteiger partial charge in [-0.2, -0.15) is 0 Å². The monoisotopic (exact) mass is 675 g/mol. The summed E-state index contributed by atoms with van der Waals surface area (Å²) in [5.74, 6) is -2.23. The van der Waals surface area contributed by atoms with Gasteiger partial charge in [0.05, 0.1) is 24.8 Å². The zero-order valence-corrected chi connectivity index (χ0v) is 27.4. The maximum absolute atomic E-state index is 13.5. The van der Waals surface area contributed by atoms with Crippen molar-refractivity contribution in [3.8, 4) is 5.75 Å². The molecule has 2 N–H and O–H groups in total. The first kappa shape index (κ1) is 35.1. The number of hydrogen-bond donors (Lipinski definition) is 2. The molecular weight excluding hydrogens is 634 g/mol. The van der Waals surface area contributed by atoms with Crippen molar-refractivity contribution in [2.75, 3.05) is 52.5 Å². The molecule has 3 heterocycles. The van der Waals surface area contributed by atoms with Gasteiger partial charge in [-0.25, -0.2) is 9.78 Å². The van der Waals surface area contributed by atoms with E-state index in [1.54, 1.807) is 36.1 Å². The first-order valence-electron chi connectivity index (χ1n) is 16.4. The molecule has 0 bridgehead atoms. The average molecular weight is 676 g/mol. The van der Waals surface area contributed by atoms with Crippen molar-refractivity contribution in [2.45, 2.75) is 44.9 Å². The SMILES string of the molecule is CCOC(=O)N1CCN(C(=O)[C@H](CCC(=O)O)NC(=O)c2cc(OCC(=O)N3CCC(OCc4ccccc4)C3)c3ccccc3n2)CC1. The van der Waals surface area contributed by atoms with Crippen LogP contribution in [0.4, 0.5) is 4.79 Å². The summed E-state index contributed by atoms with van der Waals surface area (Å²) in [6.07, 6.45) is -0.334. The van der Waals surface area contributed by atoms with Crippen molar-refractivity contribution < 1.29 is 43.3 Å². The van der Waals surface area contributed by atoms with Crippen LogP contribution in [0.3, 0.4) is 0 Å². The van der Waals surface area contributed by atoms with Crippen LogP contribution in [-0.2, 0) is 30.5 Å². The minimum absolute atomic E-state index is 0.0584. The third kappa shape index (κ3) is 9.44. The molecule has 2 aliphatic heterocycles. The number of nitrogens with one attached hydrogen (secondary N) is 1. The molecule has 4 amide bonds. The summed E-state index contributed by atoms with van der Waals surface area (Å²) in [4.78, 5) is 72.7. The molecule has 2 aliphatic rings. The smallest absolute Gasteiger partial charge is 0.409 e. The number of pyridine rings is 1. The van der Waals surface area contributed by atoms with E-state index in [4.69, 9.17) is 14.2 Å². The van der Waals surface area contributed by atoms with E-state index < -0.39 is 29.9 Å². The van der Waals surface area contributed by atoms with Crippen molar-refractivity contribution in [1.29, 1.82) is 0 Å². The van der Waals surface area contributed by atoms with Crippen LogP contribution in [0.15, 0.2) is 60.7 Å². The largest absolute Gasteiger partial charge is 0.483 e. The predicted octanol–water partition coefficient (Wildman–Crippen LogP) is 2.70. The molecule has 0 saturated carbocycles. The number of benzene rings is 2. The van der Waals surface area contributed by atoms with Gasteiger partial charge in [-0.1, -0.05) is 42.5 Å². The van der Waals surface area contributed by atoms with Crippen LogP contribution in [0.5, 0.6) is 5.75 Å². The third-order valence-corrected chi connectivity index (χ3v) is 8.46. The second kappa shape index (κ2) is 16.7. The Morgan fingerprint density at radius 1 is 0.939 bits per heavy atom. The lowest BCUT2D eigenvalue weighted by molar-refractivity contribution is -0.138. The Kier molecular flexibility index (Phi) is 12.0. The van der Waals surface area contributed by atoms with E-state index in [1.807, 2.05) is 30.3 Å². The van der Waals surface area contributed by atoms with Crippen LogP contribution in [0.25, 0.3) is 10.9 Å². The van der Waals surface area contributed by atoms with Gasteiger partial charge < -0.3 is 39.3 Å². The van der Waals surface area contributed by atoms with Gasteiger partial charge in [0, 0.05) is 57.1 Å². The second-order valence-electron chi connectivity index (χ2n) is 11.8. The standard InChI is InChI=1S/C35H41N5O9/c1-2-47-35(46)39-18-16-38(17-19-39)34(45)28(12-13-32(42)43)37-33(44)29-20-30(26-10-6-7-11-27(26)36-29)49-23-31(41)40-15-14-25(21-40)48-22-24-8-4-3-5-9-24/h3-11,20,25,28H,2,12-19,21-23H2,1H3,(H,37,44)(H,42,43)/t25?,28-/m0/s1. The lowest BCUT2D eigenvalue weighted by Gasteiger charge is -2.35. The summed E-state index contributed by atoms with van der Waals surface area (Å²) in [6, 6.07) is 17.1.